The molecule has 4 aromatic heterocycles. The van der Waals surface area contributed by atoms with Crippen molar-refractivity contribution in [1.29, 1.82) is 0 Å². The lowest BCUT2D eigenvalue weighted by molar-refractivity contribution is 0.100. The number of anilines is 1. The summed E-state index contributed by atoms with van der Waals surface area (Å²) in [6.07, 6.45) is -1.33. The monoisotopic (exact) mass is 557 g/mol. The van der Waals surface area contributed by atoms with Gasteiger partial charge in [-0.3, -0.25) is 9.59 Å². The Balaban J connectivity index is 1.48. The highest BCUT2D eigenvalue weighted by Crippen LogP contribution is 2.44. The molecule has 0 spiro atoms. The van der Waals surface area contributed by atoms with Gasteiger partial charge in [-0.1, -0.05) is 0 Å². The fourth-order valence-corrected chi connectivity index (χ4v) is 5.60. The van der Waals surface area contributed by atoms with Gasteiger partial charge >= 0.3 is 0 Å². The number of rotatable bonds is 8. The molecule has 0 saturated carbocycles. The van der Waals surface area contributed by atoms with E-state index in [2.05, 4.69) is 15.4 Å². The number of fused-ring (bicyclic) bond motifs is 1. The van der Waals surface area contributed by atoms with Gasteiger partial charge in [0.1, 0.15) is 27.0 Å². The molecule has 0 aliphatic rings. The number of alkyl halides is 2. The van der Waals surface area contributed by atoms with Gasteiger partial charge < -0.3 is 15.8 Å². The van der Waals surface area contributed by atoms with Crippen molar-refractivity contribution in [3.05, 3.63) is 81.7 Å². The second kappa shape index (κ2) is 10.3. The summed E-state index contributed by atoms with van der Waals surface area (Å²) < 4.78 is 47.2. The van der Waals surface area contributed by atoms with Gasteiger partial charge in [0.05, 0.1) is 5.69 Å². The van der Waals surface area contributed by atoms with E-state index >= 15 is 0 Å². The number of thiophene rings is 2. The first kappa shape index (κ1) is 25.4. The lowest BCUT2D eigenvalue weighted by atomic mass is 10.1. The topological polar surface area (TPSA) is 112 Å². The van der Waals surface area contributed by atoms with E-state index in [4.69, 9.17) is 10.5 Å². The van der Waals surface area contributed by atoms with Crippen molar-refractivity contribution < 1.29 is 27.5 Å². The molecular weight excluding hydrogens is 539 g/mol. The van der Waals surface area contributed by atoms with Crippen LogP contribution in [0.25, 0.3) is 20.7 Å². The van der Waals surface area contributed by atoms with Crippen LogP contribution in [-0.2, 0) is 6.73 Å². The number of carbonyl (C=O) groups is 2. The zero-order chi connectivity index (χ0) is 27.0. The van der Waals surface area contributed by atoms with Crippen LogP contribution in [0.1, 0.15) is 37.2 Å². The Hall–Kier alpha value is -4.23. The Bertz CT molecular complexity index is 1660. The van der Waals surface area contributed by atoms with E-state index < -0.39 is 29.8 Å². The van der Waals surface area contributed by atoms with Gasteiger partial charge in [0.15, 0.2) is 12.4 Å². The summed E-state index contributed by atoms with van der Waals surface area (Å²) in [5.74, 6) is -1.48. The van der Waals surface area contributed by atoms with Crippen LogP contribution in [0.3, 0.4) is 0 Å². The zero-order valence-corrected chi connectivity index (χ0v) is 21.2. The number of ether oxygens (including phenoxy) is 1. The van der Waals surface area contributed by atoms with Gasteiger partial charge in [0.25, 0.3) is 18.2 Å². The molecule has 0 fully saturated rings. The SMILES string of the molecule is Cc1ccc(-c2cc(C(F)F)nc3sc(C(N)=O)c(NC(=O)c4ccn(COc5ccc(F)cc5)n4)c23)s1. The Morgan fingerprint density at radius 2 is 1.89 bits per heavy atom. The molecule has 0 bridgehead atoms. The van der Waals surface area contributed by atoms with E-state index in [1.165, 1.54) is 58.6 Å². The van der Waals surface area contributed by atoms with Crippen LogP contribution in [0.5, 0.6) is 5.75 Å². The summed E-state index contributed by atoms with van der Waals surface area (Å²) in [6.45, 7) is 1.83. The smallest absolute Gasteiger partial charge is 0.280 e. The van der Waals surface area contributed by atoms with E-state index in [-0.39, 0.29) is 27.8 Å². The molecule has 13 heteroatoms. The summed E-state index contributed by atoms with van der Waals surface area (Å²) in [4.78, 5) is 31.2. The number of benzene rings is 1. The highest BCUT2D eigenvalue weighted by Gasteiger charge is 2.26. The second-order valence-electron chi connectivity index (χ2n) is 8.08. The molecule has 3 N–H and O–H groups in total. The van der Waals surface area contributed by atoms with Crippen LogP contribution < -0.4 is 15.8 Å². The van der Waals surface area contributed by atoms with Crippen molar-refractivity contribution in [2.75, 3.05) is 5.32 Å². The van der Waals surface area contributed by atoms with E-state index in [0.717, 1.165) is 16.2 Å². The largest absolute Gasteiger partial charge is 0.471 e. The predicted octanol–water partition coefficient (Wildman–Crippen LogP) is 5.99. The molecule has 0 radical (unpaired) electrons. The van der Waals surface area contributed by atoms with E-state index in [9.17, 15) is 22.8 Å². The lowest BCUT2D eigenvalue weighted by Crippen LogP contribution is -2.17. The number of hydrogen-bond acceptors (Lipinski definition) is 7. The quantitative estimate of drug-likeness (QED) is 0.243. The number of carbonyl (C=O) groups excluding carboxylic acids is 2. The third-order valence-corrected chi connectivity index (χ3v) is 7.56. The van der Waals surface area contributed by atoms with E-state index in [1.807, 2.05) is 13.0 Å². The van der Waals surface area contributed by atoms with Crippen LogP contribution in [-0.4, -0.2) is 26.6 Å². The van der Waals surface area contributed by atoms with Crippen molar-refractivity contribution in [2.45, 2.75) is 20.1 Å². The third kappa shape index (κ3) is 5.10. The van der Waals surface area contributed by atoms with Gasteiger partial charge in [-0.15, -0.1) is 22.7 Å². The molecule has 0 unspecified atom stereocenters. The predicted molar refractivity (Wildman–Crippen MR) is 138 cm³/mol. The molecule has 5 rings (SSSR count). The minimum absolute atomic E-state index is 0.00755. The lowest BCUT2D eigenvalue weighted by Gasteiger charge is -2.09. The molecule has 38 heavy (non-hydrogen) atoms. The fraction of sp³-hybridized carbons (Fsp3) is 0.120. The maximum Gasteiger partial charge on any atom is 0.280 e. The molecule has 8 nitrogen and oxygen atoms in total. The molecule has 4 heterocycles. The Kier molecular flexibility index (Phi) is 6.87. The number of hydrogen-bond donors (Lipinski definition) is 2. The van der Waals surface area contributed by atoms with Crippen LogP contribution in [0.2, 0.25) is 0 Å². The number of nitrogens with one attached hydrogen (secondary N) is 1. The number of primary amides is 1. The second-order valence-corrected chi connectivity index (χ2v) is 10.4. The Morgan fingerprint density at radius 1 is 1.13 bits per heavy atom. The van der Waals surface area contributed by atoms with Crippen molar-refractivity contribution >= 4 is 50.4 Å². The van der Waals surface area contributed by atoms with Crippen LogP contribution >= 0.6 is 22.7 Å². The van der Waals surface area contributed by atoms with Gasteiger partial charge in [-0.25, -0.2) is 22.8 Å². The van der Waals surface area contributed by atoms with Gasteiger partial charge in [-0.2, -0.15) is 5.10 Å². The number of pyridine rings is 1. The van der Waals surface area contributed by atoms with Gasteiger partial charge in [-0.05, 0) is 55.5 Å². The highest BCUT2D eigenvalue weighted by molar-refractivity contribution is 7.21. The Morgan fingerprint density at radius 3 is 2.55 bits per heavy atom. The first-order valence-corrected chi connectivity index (χ1v) is 12.7. The van der Waals surface area contributed by atoms with Crippen LogP contribution in [0, 0.1) is 12.7 Å². The fourth-order valence-electron chi connectivity index (χ4n) is 3.70. The van der Waals surface area contributed by atoms with Gasteiger partial charge in [0.2, 0.25) is 0 Å². The summed E-state index contributed by atoms with van der Waals surface area (Å²) >= 11 is 2.21. The molecule has 0 saturated heterocycles. The molecule has 194 valence electrons. The number of aryl methyl sites for hydroxylation is 1. The molecule has 2 amide bonds. The van der Waals surface area contributed by atoms with Crippen LogP contribution in [0.15, 0.2) is 54.7 Å². The summed E-state index contributed by atoms with van der Waals surface area (Å²) in [5, 5.41) is 7.19. The van der Waals surface area contributed by atoms with E-state index in [0.29, 0.717) is 21.6 Å². The summed E-state index contributed by atoms with van der Waals surface area (Å²) in [7, 11) is 0. The van der Waals surface area contributed by atoms with Crippen LogP contribution in [0.4, 0.5) is 18.9 Å². The maximum atomic E-state index is 13.6. The molecule has 0 aliphatic carbocycles. The minimum atomic E-state index is -2.84. The van der Waals surface area contributed by atoms with Crippen molar-refractivity contribution in [2.24, 2.45) is 5.73 Å². The number of nitrogens with two attached hydrogens (primary N) is 1. The third-order valence-electron chi connectivity index (χ3n) is 5.42. The van der Waals surface area contributed by atoms with Crippen molar-refractivity contribution in [3.8, 4) is 16.2 Å². The van der Waals surface area contributed by atoms with Crippen molar-refractivity contribution in [3.63, 3.8) is 0 Å². The highest BCUT2D eigenvalue weighted by atomic mass is 32.1. The number of aromatic nitrogens is 3. The minimum Gasteiger partial charge on any atom is -0.471 e. The zero-order valence-electron chi connectivity index (χ0n) is 19.6. The molecule has 1 aromatic carbocycles. The summed E-state index contributed by atoms with van der Waals surface area (Å²) in [6, 6.07) is 11.7. The Labute approximate surface area is 221 Å². The molecule has 0 atom stereocenters. The number of amides is 2. The standard InChI is InChI=1S/C25H18F3N5O3S2/c1-12-2-7-18(37-12)15-10-17(22(27)28)30-25-19(15)20(21(38-25)23(29)34)31-24(35)16-8-9-33(32-16)11-36-14-5-3-13(26)4-6-14/h2-10,22H,11H2,1H3,(H2,29,34)(H,31,35). The van der Waals surface area contributed by atoms with E-state index in [1.54, 1.807) is 6.07 Å². The van der Waals surface area contributed by atoms with Crippen molar-refractivity contribution in [1.82, 2.24) is 14.8 Å². The summed E-state index contributed by atoms with van der Waals surface area (Å²) in [5.41, 5.74) is 5.62. The first-order chi connectivity index (χ1) is 18.2. The van der Waals surface area contributed by atoms with Gasteiger partial charge in [0, 0.05) is 26.9 Å². The number of nitrogens with zero attached hydrogens (tertiary/aromatic N) is 3. The molecular formula is C25H18F3N5O3S2. The molecule has 5 aromatic rings. The average Bonchev–Trinajstić information content (AvgIpc) is 3.62. The number of halogens is 3. The first-order valence-electron chi connectivity index (χ1n) is 11.0. The maximum absolute atomic E-state index is 13.6. The molecule has 0 aliphatic heterocycles. The normalized spacial score (nSPS) is 11.3. The average molecular weight is 558 g/mol.